The highest BCUT2D eigenvalue weighted by molar-refractivity contribution is 5.74. The predicted molar refractivity (Wildman–Crippen MR) is 51.0 cm³/mol. The molecule has 0 aliphatic carbocycles. The van der Waals surface area contributed by atoms with Crippen LogP contribution in [0.5, 0.6) is 0 Å². The molecule has 1 N–H and O–H groups in total. The van der Waals surface area contributed by atoms with Crippen LogP contribution in [0.3, 0.4) is 0 Å². The molecule has 0 aromatic rings. The van der Waals surface area contributed by atoms with Gasteiger partial charge in [0.05, 0.1) is 6.07 Å². The van der Waals surface area contributed by atoms with Crippen LogP contribution in [0.2, 0.25) is 0 Å². The molecule has 0 atom stereocenters. The highest BCUT2D eigenvalue weighted by atomic mass is 16.2. The summed E-state index contributed by atoms with van der Waals surface area (Å²) in [6.07, 6.45) is 3.24. The molecule has 0 spiro atoms. The lowest BCUT2D eigenvalue weighted by Crippen LogP contribution is -2.40. The molecule has 4 heteroatoms. The molecule has 0 aliphatic rings. The van der Waals surface area contributed by atoms with Crippen molar-refractivity contribution in [3.8, 4) is 6.07 Å². The Bertz CT molecular complexity index is 220. The van der Waals surface area contributed by atoms with Crippen LogP contribution >= 0.6 is 0 Å². The lowest BCUT2D eigenvalue weighted by atomic mass is 10.4. The van der Waals surface area contributed by atoms with Crippen molar-refractivity contribution >= 4 is 6.03 Å². The van der Waals surface area contributed by atoms with E-state index in [4.69, 9.17) is 5.26 Å². The Morgan fingerprint density at radius 2 is 2.00 bits per heavy atom. The minimum Gasteiger partial charge on any atom is -0.325 e. The van der Waals surface area contributed by atoms with Crippen LogP contribution < -0.4 is 5.32 Å². The first kappa shape index (κ1) is 11.2. The van der Waals surface area contributed by atoms with Crippen molar-refractivity contribution in [1.82, 2.24) is 10.2 Å². The zero-order chi connectivity index (χ0) is 10.1. The van der Waals surface area contributed by atoms with E-state index in [-0.39, 0.29) is 12.6 Å². The number of carbonyl (C=O) groups is 1. The third-order valence-corrected chi connectivity index (χ3v) is 1.30. The van der Waals surface area contributed by atoms with Crippen molar-refractivity contribution in [2.75, 3.05) is 19.6 Å². The van der Waals surface area contributed by atoms with Crippen LogP contribution in [0.4, 0.5) is 4.79 Å². The number of nitriles is 1. The summed E-state index contributed by atoms with van der Waals surface area (Å²) in [7, 11) is 0. The molecule has 0 radical (unpaired) electrons. The Kier molecular flexibility index (Phi) is 5.98. The van der Waals surface area contributed by atoms with Crippen LogP contribution in [-0.2, 0) is 0 Å². The van der Waals surface area contributed by atoms with E-state index in [1.54, 1.807) is 12.2 Å². The highest BCUT2D eigenvalue weighted by Crippen LogP contribution is 1.89. The minimum absolute atomic E-state index is 0.0175. The van der Waals surface area contributed by atoms with Crippen molar-refractivity contribution in [3.63, 3.8) is 0 Å². The first-order valence-corrected chi connectivity index (χ1v) is 3.87. The van der Waals surface area contributed by atoms with E-state index < -0.39 is 0 Å². The highest BCUT2D eigenvalue weighted by Gasteiger charge is 2.08. The average Bonchev–Trinajstić information content (AvgIpc) is 2.14. The van der Waals surface area contributed by atoms with Gasteiger partial charge in [0.25, 0.3) is 0 Å². The van der Waals surface area contributed by atoms with Crippen LogP contribution in [-0.4, -0.2) is 30.6 Å². The second-order valence-electron chi connectivity index (χ2n) is 2.30. The Labute approximate surface area is 78.1 Å². The van der Waals surface area contributed by atoms with Crippen molar-refractivity contribution in [2.24, 2.45) is 0 Å². The summed E-state index contributed by atoms with van der Waals surface area (Å²) in [5, 5.41) is 10.7. The minimum atomic E-state index is -0.277. The molecule has 0 heterocycles. The lowest BCUT2D eigenvalue weighted by molar-refractivity contribution is 0.209. The molecule has 13 heavy (non-hydrogen) atoms. The maximum atomic E-state index is 11.3. The van der Waals surface area contributed by atoms with Crippen molar-refractivity contribution in [1.29, 1.82) is 5.26 Å². The third-order valence-electron chi connectivity index (χ3n) is 1.30. The summed E-state index contributed by atoms with van der Waals surface area (Å²) in [5.41, 5.74) is 0. The molecule has 0 aromatic heterocycles. The molecular formula is C9H13N3O. The Hall–Kier alpha value is -1.76. The molecule has 4 nitrogen and oxygen atoms in total. The summed E-state index contributed by atoms with van der Waals surface area (Å²) < 4.78 is 0. The van der Waals surface area contributed by atoms with Gasteiger partial charge in [0.1, 0.15) is 6.54 Å². The van der Waals surface area contributed by atoms with E-state index in [1.165, 1.54) is 4.90 Å². The molecule has 0 aromatic carbocycles. The second kappa shape index (κ2) is 6.92. The standard InChI is InChI=1S/C9H13N3O/c1-3-7-12(8-4-2)9(13)11-6-5-10/h3-4H,1-2,6-8H2,(H,11,13). The number of urea groups is 1. The molecule has 0 fully saturated rings. The van der Waals surface area contributed by atoms with E-state index >= 15 is 0 Å². The third kappa shape index (κ3) is 4.64. The number of nitrogens with one attached hydrogen (secondary N) is 1. The summed E-state index contributed by atoms with van der Waals surface area (Å²) in [6, 6.07) is 1.55. The van der Waals surface area contributed by atoms with E-state index in [1.807, 2.05) is 6.07 Å². The maximum Gasteiger partial charge on any atom is 0.318 e. The van der Waals surface area contributed by atoms with E-state index in [2.05, 4.69) is 18.5 Å². The number of hydrogen-bond donors (Lipinski definition) is 1. The monoisotopic (exact) mass is 179 g/mol. The van der Waals surface area contributed by atoms with Gasteiger partial charge in [0.15, 0.2) is 0 Å². The number of hydrogen-bond acceptors (Lipinski definition) is 2. The lowest BCUT2D eigenvalue weighted by Gasteiger charge is -2.18. The number of nitrogens with zero attached hydrogens (tertiary/aromatic N) is 2. The van der Waals surface area contributed by atoms with Gasteiger partial charge in [-0.3, -0.25) is 0 Å². The van der Waals surface area contributed by atoms with Crippen LogP contribution in [0.15, 0.2) is 25.3 Å². The number of amides is 2. The largest absolute Gasteiger partial charge is 0.325 e. The van der Waals surface area contributed by atoms with Gasteiger partial charge in [-0.25, -0.2) is 4.79 Å². The van der Waals surface area contributed by atoms with Crippen LogP contribution in [0.25, 0.3) is 0 Å². The van der Waals surface area contributed by atoms with Gasteiger partial charge >= 0.3 is 6.03 Å². The van der Waals surface area contributed by atoms with E-state index in [0.717, 1.165) is 0 Å². The Balaban J connectivity index is 4.03. The van der Waals surface area contributed by atoms with Gasteiger partial charge in [0, 0.05) is 13.1 Å². The molecule has 0 saturated carbocycles. The van der Waals surface area contributed by atoms with Gasteiger partial charge in [-0.15, -0.1) is 13.2 Å². The SMILES string of the molecule is C=CCN(CC=C)C(=O)NCC#N. The van der Waals surface area contributed by atoms with Crippen molar-refractivity contribution in [3.05, 3.63) is 25.3 Å². The van der Waals surface area contributed by atoms with Gasteiger partial charge in [0.2, 0.25) is 0 Å². The van der Waals surface area contributed by atoms with Gasteiger partial charge in [-0.05, 0) is 0 Å². The van der Waals surface area contributed by atoms with Gasteiger partial charge in [-0.1, -0.05) is 12.2 Å². The summed E-state index contributed by atoms with van der Waals surface area (Å²) in [5.74, 6) is 0. The topological polar surface area (TPSA) is 56.1 Å². The Morgan fingerprint density at radius 3 is 2.38 bits per heavy atom. The van der Waals surface area contributed by atoms with E-state index in [0.29, 0.717) is 13.1 Å². The summed E-state index contributed by atoms with van der Waals surface area (Å²) in [4.78, 5) is 12.7. The smallest absolute Gasteiger partial charge is 0.318 e. The number of rotatable bonds is 5. The molecule has 2 amide bonds. The molecule has 0 unspecified atom stereocenters. The first-order valence-electron chi connectivity index (χ1n) is 3.87. The summed E-state index contributed by atoms with van der Waals surface area (Å²) >= 11 is 0. The fourth-order valence-corrected chi connectivity index (χ4v) is 0.779. The zero-order valence-corrected chi connectivity index (χ0v) is 7.49. The first-order chi connectivity index (χ1) is 6.26. The average molecular weight is 179 g/mol. The van der Waals surface area contributed by atoms with Gasteiger partial charge < -0.3 is 10.2 Å². The summed E-state index contributed by atoms with van der Waals surface area (Å²) in [6.45, 7) is 7.96. The molecule has 70 valence electrons. The quantitative estimate of drug-likeness (QED) is 0.503. The van der Waals surface area contributed by atoms with Crippen LogP contribution in [0.1, 0.15) is 0 Å². The zero-order valence-electron chi connectivity index (χ0n) is 7.49. The molecule has 0 rings (SSSR count). The van der Waals surface area contributed by atoms with Crippen molar-refractivity contribution in [2.45, 2.75) is 0 Å². The molecule has 0 saturated heterocycles. The number of carbonyl (C=O) groups excluding carboxylic acids is 1. The molecular weight excluding hydrogens is 166 g/mol. The normalized spacial score (nSPS) is 8.23. The van der Waals surface area contributed by atoms with Gasteiger partial charge in [-0.2, -0.15) is 5.26 Å². The fraction of sp³-hybridized carbons (Fsp3) is 0.333. The maximum absolute atomic E-state index is 11.3. The second-order valence-corrected chi connectivity index (χ2v) is 2.30. The molecule has 0 bridgehead atoms. The van der Waals surface area contributed by atoms with Crippen LogP contribution in [0, 0.1) is 11.3 Å². The van der Waals surface area contributed by atoms with Crippen molar-refractivity contribution < 1.29 is 4.79 Å². The van der Waals surface area contributed by atoms with E-state index in [9.17, 15) is 4.79 Å². The molecule has 0 aliphatic heterocycles. The predicted octanol–water partition coefficient (Wildman–Crippen LogP) is 0.894. The Morgan fingerprint density at radius 1 is 1.46 bits per heavy atom. The fourth-order valence-electron chi connectivity index (χ4n) is 0.779.